The minimum Gasteiger partial charge on any atom is -0.345 e. The highest BCUT2D eigenvalue weighted by molar-refractivity contribution is 5.14. The molecule has 4 heteroatoms. The quantitative estimate of drug-likeness (QED) is 0.602. The van der Waals surface area contributed by atoms with E-state index in [4.69, 9.17) is 18.9 Å². The van der Waals surface area contributed by atoms with Crippen molar-refractivity contribution in [2.45, 2.75) is 84.0 Å². The number of hydrogen-bond acceptors (Lipinski definition) is 4. The predicted molar refractivity (Wildman–Crippen MR) is 113 cm³/mol. The van der Waals surface area contributed by atoms with Crippen molar-refractivity contribution in [1.82, 2.24) is 0 Å². The molecule has 0 saturated carbocycles. The van der Waals surface area contributed by atoms with Gasteiger partial charge in [0.15, 0.2) is 12.1 Å². The van der Waals surface area contributed by atoms with Gasteiger partial charge in [0.1, 0.15) is 18.3 Å². The van der Waals surface area contributed by atoms with Crippen molar-refractivity contribution in [3.63, 3.8) is 0 Å². The third-order valence-electron chi connectivity index (χ3n) is 6.33. The first-order valence-corrected chi connectivity index (χ1v) is 10.9. The molecule has 0 N–H and O–H groups in total. The van der Waals surface area contributed by atoms with Crippen molar-refractivity contribution in [2.75, 3.05) is 0 Å². The van der Waals surface area contributed by atoms with E-state index in [1.165, 1.54) is 24.8 Å². The van der Waals surface area contributed by atoms with Gasteiger partial charge < -0.3 is 18.9 Å². The number of hydrogen-bond donors (Lipinski definition) is 0. The van der Waals surface area contributed by atoms with Crippen LogP contribution in [0.15, 0.2) is 54.1 Å². The van der Waals surface area contributed by atoms with Crippen LogP contribution in [0.25, 0.3) is 0 Å². The fraction of sp³-hybridized carbons (Fsp3) is 0.600. The molecule has 158 valence electrons. The summed E-state index contributed by atoms with van der Waals surface area (Å²) < 4.78 is 24.6. The Kier molecular flexibility index (Phi) is 6.26. The van der Waals surface area contributed by atoms with E-state index in [1.54, 1.807) is 0 Å². The molecule has 0 radical (unpaired) electrons. The normalized spacial score (nSPS) is 34.9. The molecule has 0 amide bonds. The van der Waals surface area contributed by atoms with E-state index in [2.05, 4.69) is 44.2 Å². The fourth-order valence-electron chi connectivity index (χ4n) is 4.54. The molecule has 2 aliphatic heterocycles. The van der Waals surface area contributed by atoms with Crippen LogP contribution in [0.5, 0.6) is 0 Å². The summed E-state index contributed by atoms with van der Waals surface area (Å²) >= 11 is 0. The molecule has 2 heterocycles. The van der Waals surface area contributed by atoms with E-state index < -0.39 is 12.1 Å². The molecule has 4 nitrogen and oxygen atoms in total. The molecule has 1 aromatic carbocycles. The molecular formula is C25H34O4. The molecule has 1 aliphatic carbocycles. The zero-order chi connectivity index (χ0) is 20.4. The summed E-state index contributed by atoms with van der Waals surface area (Å²) in [5, 5.41) is 0. The van der Waals surface area contributed by atoms with Crippen molar-refractivity contribution in [3.8, 4) is 0 Å². The summed E-state index contributed by atoms with van der Waals surface area (Å²) in [6.45, 7) is 8.96. The largest absolute Gasteiger partial charge is 0.345 e. The summed E-state index contributed by atoms with van der Waals surface area (Å²) in [7, 11) is 0. The molecule has 1 aromatic rings. The van der Waals surface area contributed by atoms with Crippen molar-refractivity contribution in [1.29, 1.82) is 0 Å². The molecule has 1 unspecified atom stereocenters. The summed E-state index contributed by atoms with van der Waals surface area (Å²) in [4.78, 5) is 0. The molecule has 3 aliphatic rings. The van der Waals surface area contributed by atoms with Gasteiger partial charge >= 0.3 is 0 Å². The van der Waals surface area contributed by atoms with Crippen LogP contribution in [-0.4, -0.2) is 30.4 Å². The topological polar surface area (TPSA) is 36.9 Å². The molecule has 6 atom stereocenters. The number of fused-ring (bicyclic) bond motifs is 1. The monoisotopic (exact) mass is 398 g/mol. The second kappa shape index (κ2) is 8.73. The summed E-state index contributed by atoms with van der Waals surface area (Å²) in [6.07, 6.45) is 9.60. The minimum atomic E-state index is -0.614. The lowest BCUT2D eigenvalue weighted by Gasteiger charge is -2.25. The zero-order valence-electron chi connectivity index (χ0n) is 18.0. The molecule has 0 spiro atoms. The summed E-state index contributed by atoms with van der Waals surface area (Å²) in [5.74, 6) is 0.604. The Morgan fingerprint density at radius 3 is 2.66 bits per heavy atom. The van der Waals surface area contributed by atoms with Gasteiger partial charge in [0.25, 0.3) is 0 Å². The second-order valence-corrected chi connectivity index (χ2v) is 9.16. The van der Waals surface area contributed by atoms with Crippen LogP contribution < -0.4 is 0 Å². The lowest BCUT2D eigenvalue weighted by Crippen LogP contribution is -2.31. The van der Waals surface area contributed by atoms with Gasteiger partial charge in [0.05, 0.1) is 6.61 Å². The Labute approximate surface area is 174 Å². The van der Waals surface area contributed by atoms with E-state index in [0.29, 0.717) is 18.4 Å². The van der Waals surface area contributed by atoms with Gasteiger partial charge in [-0.2, -0.15) is 0 Å². The van der Waals surface area contributed by atoms with Gasteiger partial charge in [-0.25, -0.2) is 0 Å². The van der Waals surface area contributed by atoms with Gasteiger partial charge in [-0.3, -0.25) is 0 Å². The lowest BCUT2D eigenvalue weighted by atomic mass is 9.81. The van der Waals surface area contributed by atoms with Crippen molar-refractivity contribution in [2.24, 2.45) is 11.8 Å². The Balaban J connectivity index is 1.40. The maximum Gasteiger partial charge on any atom is 0.187 e. The predicted octanol–water partition coefficient (Wildman–Crippen LogP) is 5.39. The first-order chi connectivity index (χ1) is 13.9. The molecular weight excluding hydrogens is 364 g/mol. The first-order valence-electron chi connectivity index (χ1n) is 10.9. The van der Waals surface area contributed by atoms with Crippen LogP contribution in [0, 0.1) is 11.8 Å². The average molecular weight is 399 g/mol. The maximum atomic E-state index is 6.23. The molecule has 2 fully saturated rings. The highest BCUT2D eigenvalue weighted by Gasteiger charge is 2.55. The van der Waals surface area contributed by atoms with E-state index in [9.17, 15) is 0 Å². The summed E-state index contributed by atoms with van der Waals surface area (Å²) in [5.41, 5.74) is 2.65. The number of allylic oxidation sites excluding steroid dienone is 3. The van der Waals surface area contributed by atoms with Crippen LogP contribution >= 0.6 is 0 Å². The third kappa shape index (κ3) is 5.00. The SMILES string of the molecule is CC1=CC[C@H](C(C)/C=C\[C@H]2O[C@@H](OCc3ccccc3)[C@@H]3OC(C)(C)O[C@@H]32)CC1. The van der Waals surface area contributed by atoms with Crippen molar-refractivity contribution in [3.05, 3.63) is 59.7 Å². The summed E-state index contributed by atoms with van der Waals surface area (Å²) in [6, 6.07) is 10.2. The van der Waals surface area contributed by atoms with E-state index in [-0.39, 0.29) is 18.3 Å². The number of ether oxygens (including phenoxy) is 4. The molecule has 0 aromatic heterocycles. The van der Waals surface area contributed by atoms with E-state index in [0.717, 1.165) is 5.56 Å². The van der Waals surface area contributed by atoms with Gasteiger partial charge in [-0.1, -0.05) is 61.1 Å². The van der Waals surface area contributed by atoms with Crippen molar-refractivity contribution >= 4 is 0 Å². The highest BCUT2D eigenvalue weighted by Crippen LogP contribution is 2.40. The molecule has 4 rings (SSSR count). The fourth-order valence-corrected chi connectivity index (χ4v) is 4.54. The van der Waals surface area contributed by atoms with Crippen LogP contribution in [0.1, 0.15) is 52.5 Å². The smallest absolute Gasteiger partial charge is 0.187 e. The Morgan fingerprint density at radius 1 is 1.17 bits per heavy atom. The Bertz CT molecular complexity index is 738. The Morgan fingerprint density at radius 2 is 1.93 bits per heavy atom. The Hall–Kier alpha value is -1.46. The second-order valence-electron chi connectivity index (χ2n) is 9.16. The molecule has 0 bridgehead atoms. The van der Waals surface area contributed by atoms with Gasteiger partial charge in [-0.05, 0) is 57.4 Å². The lowest BCUT2D eigenvalue weighted by molar-refractivity contribution is -0.231. The highest BCUT2D eigenvalue weighted by atomic mass is 16.8. The first kappa shape index (κ1) is 20.8. The molecule has 2 saturated heterocycles. The van der Waals surface area contributed by atoms with Crippen LogP contribution in [-0.2, 0) is 25.6 Å². The molecule has 29 heavy (non-hydrogen) atoms. The minimum absolute atomic E-state index is 0.136. The number of benzene rings is 1. The maximum absolute atomic E-state index is 6.23. The van der Waals surface area contributed by atoms with Crippen LogP contribution in [0.3, 0.4) is 0 Å². The average Bonchev–Trinajstić information content (AvgIpc) is 3.19. The standard InChI is InChI=1S/C25H34O4/c1-17-10-13-20(14-11-17)18(2)12-15-21-22-23(29-25(3,4)28-22)24(27-21)26-16-19-8-6-5-7-9-19/h5-10,12,15,18,20-24H,11,13-14,16H2,1-4H3/b15-12-/t18?,20-,21+,22+,23+,24+/m0/s1. The number of rotatable bonds is 6. The zero-order valence-corrected chi connectivity index (χ0v) is 18.0. The van der Waals surface area contributed by atoms with Gasteiger partial charge in [0.2, 0.25) is 0 Å². The van der Waals surface area contributed by atoms with Gasteiger partial charge in [-0.15, -0.1) is 0 Å². The van der Waals surface area contributed by atoms with Gasteiger partial charge in [0, 0.05) is 0 Å². The third-order valence-corrected chi connectivity index (χ3v) is 6.33. The van der Waals surface area contributed by atoms with Crippen molar-refractivity contribution < 1.29 is 18.9 Å². The van der Waals surface area contributed by atoms with E-state index in [1.807, 2.05) is 32.0 Å². The van der Waals surface area contributed by atoms with Crippen LogP contribution in [0.4, 0.5) is 0 Å². The van der Waals surface area contributed by atoms with E-state index >= 15 is 0 Å². The van der Waals surface area contributed by atoms with Crippen LogP contribution in [0.2, 0.25) is 0 Å².